The molecule has 2 fully saturated rings. The van der Waals surface area contributed by atoms with Crippen molar-refractivity contribution in [1.82, 2.24) is 4.90 Å². The van der Waals surface area contributed by atoms with Crippen LogP contribution in [0.4, 0.5) is 0 Å². The molecule has 2 N–H and O–H groups in total. The van der Waals surface area contributed by atoms with Gasteiger partial charge in [-0.3, -0.25) is 4.90 Å². The summed E-state index contributed by atoms with van der Waals surface area (Å²) in [4.78, 5) is 2.39. The summed E-state index contributed by atoms with van der Waals surface area (Å²) in [6.07, 6.45) is 4.49. The number of hydrogen-bond donors (Lipinski definition) is 1. The van der Waals surface area contributed by atoms with Gasteiger partial charge < -0.3 is 5.73 Å². The van der Waals surface area contributed by atoms with Gasteiger partial charge in [0.2, 0.25) is 0 Å². The van der Waals surface area contributed by atoms with Crippen LogP contribution in [-0.4, -0.2) is 49.5 Å². The number of rotatable bonds is 4. The van der Waals surface area contributed by atoms with Crippen LogP contribution >= 0.6 is 0 Å². The zero-order valence-electron chi connectivity index (χ0n) is 9.93. The molecule has 2 atom stereocenters. The van der Waals surface area contributed by atoms with E-state index >= 15 is 0 Å². The molecule has 2 rings (SSSR count). The van der Waals surface area contributed by atoms with Gasteiger partial charge in [-0.05, 0) is 25.7 Å². The van der Waals surface area contributed by atoms with Gasteiger partial charge in [-0.2, -0.15) is 0 Å². The fraction of sp³-hybridized carbons (Fsp3) is 1.00. The van der Waals surface area contributed by atoms with Gasteiger partial charge in [0.1, 0.15) is 0 Å². The van der Waals surface area contributed by atoms with Crippen molar-refractivity contribution in [3.05, 3.63) is 0 Å². The summed E-state index contributed by atoms with van der Waals surface area (Å²) in [7, 11) is -2.82. The second-order valence-electron chi connectivity index (χ2n) is 5.09. The van der Waals surface area contributed by atoms with Crippen molar-refractivity contribution >= 4 is 9.84 Å². The highest BCUT2D eigenvalue weighted by molar-refractivity contribution is 7.91. The predicted molar refractivity (Wildman–Crippen MR) is 65.1 cm³/mol. The van der Waals surface area contributed by atoms with Gasteiger partial charge in [-0.1, -0.05) is 6.92 Å². The topological polar surface area (TPSA) is 63.4 Å². The van der Waals surface area contributed by atoms with Crippen molar-refractivity contribution in [3.8, 4) is 0 Å². The molecule has 2 saturated heterocycles. The number of nitrogens with zero attached hydrogens (tertiary/aromatic N) is 1. The van der Waals surface area contributed by atoms with Crippen LogP contribution in [0.3, 0.4) is 0 Å². The third-order valence-corrected chi connectivity index (χ3v) is 5.71. The average Bonchev–Trinajstić information content (AvgIpc) is 2.47. The van der Waals surface area contributed by atoms with Crippen molar-refractivity contribution in [1.29, 1.82) is 0 Å². The first-order valence-electron chi connectivity index (χ1n) is 6.23. The van der Waals surface area contributed by atoms with E-state index in [1.54, 1.807) is 6.92 Å². The van der Waals surface area contributed by atoms with Gasteiger partial charge in [0.05, 0.1) is 5.75 Å². The van der Waals surface area contributed by atoms with Gasteiger partial charge >= 0.3 is 0 Å². The second-order valence-corrected chi connectivity index (χ2v) is 7.56. The summed E-state index contributed by atoms with van der Waals surface area (Å²) < 4.78 is 23.0. The smallest absolute Gasteiger partial charge is 0.151 e. The molecule has 0 spiro atoms. The van der Waals surface area contributed by atoms with Crippen LogP contribution < -0.4 is 5.73 Å². The lowest BCUT2D eigenvalue weighted by atomic mass is 9.98. The molecule has 4 nitrogen and oxygen atoms in total. The SMILES string of the molecule is CCS(=O)(=O)CCN1C2CCC1CC(N)C2. The highest BCUT2D eigenvalue weighted by Crippen LogP contribution is 2.34. The maximum Gasteiger partial charge on any atom is 0.151 e. The van der Waals surface area contributed by atoms with E-state index in [1.165, 1.54) is 12.8 Å². The largest absolute Gasteiger partial charge is 0.328 e. The highest BCUT2D eigenvalue weighted by atomic mass is 32.2. The molecule has 0 radical (unpaired) electrons. The van der Waals surface area contributed by atoms with Crippen molar-refractivity contribution < 1.29 is 8.42 Å². The zero-order valence-corrected chi connectivity index (χ0v) is 10.7. The Morgan fingerprint density at radius 1 is 1.25 bits per heavy atom. The number of hydrogen-bond acceptors (Lipinski definition) is 4. The van der Waals surface area contributed by atoms with Crippen LogP contribution in [0.25, 0.3) is 0 Å². The maximum absolute atomic E-state index is 11.5. The van der Waals surface area contributed by atoms with E-state index in [0.717, 1.165) is 12.8 Å². The Morgan fingerprint density at radius 2 is 1.81 bits per heavy atom. The average molecular weight is 246 g/mol. The van der Waals surface area contributed by atoms with Crippen LogP contribution in [0.5, 0.6) is 0 Å². The number of sulfone groups is 1. The molecular formula is C11H22N2O2S. The van der Waals surface area contributed by atoms with Crippen LogP contribution in [-0.2, 0) is 9.84 Å². The first-order valence-corrected chi connectivity index (χ1v) is 8.05. The normalized spacial score (nSPS) is 35.5. The molecule has 2 aliphatic rings. The van der Waals surface area contributed by atoms with E-state index in [4.69, 9.17) is 5.73 Å². The highest BCUT2D eigenvalue weighted by Gasteiger charge is 2.39. The zero-order chi connectivity index (χ0) is 11.8. The summed E-state index contributed by atoms with van der Waals surface area (Å²) in [5.74, 6) is 0.571. The molecule has 0 saturated carbocycles. The van der Waals surface area contributed by atoms with E-state index in [-0.39, 0.29) is 5.75 Å². The number of nitrogens with two attached hydrogens (primary N) is 1. The minimum Gasteiger partial charge on any atom is -0.328 e. The summed E-state index contributed by atoms with van der Waals surface area (Å²) in [6, 6.07) is 1.41. The molecule has 0 aromatic carbocycles. The first-order chi connectivity index (χ1) is 7.52. The van der Waals surface area contributed by atoms with E-state index in [0.29, 0.717) is 30.4 Å². The summed E-state index contributed by atoms with van der Waals surface area (Å²) in [5.41, 5.74) is 5.98. The number of fused-ring (bicyclic) bond motifs is 2. The van der Waals surface area contributed by atoms with Gasteiger partial charge in [0.25, 0.3) is 0 Å². The Morgan fingerprint density at radius 3 is 2.31 bits per heavy atom. The van der Waals surface area contributed by atoms with Crippen molar-refractivity contribution in [2.45, 2.75) is 50.7 Å². The molecule has 0 aromatic rings. The van der Waals surface area contributed by atoms with Crippen LogP contribution in [0, 0.1) is 0 Å². The molecule has 2 aliphatic heterocycles. The summed E-state index contributed by atoms with van der Waals surface area (Å²) in [5, 5.41) is 0. The standard InChI is InChI=1S/C11H22N2O2S/c1-2-16(14,15)6-5-13-10-3-4-11(13)8-9(12)7-10/h9-11H,2-8,12H2,1H3. The molecule has 2 unspecified atom stereocenters. The summed E-state index contributed by atoms with van der Waals surface area (Å²) >= 11 is 0. The Balaban J connectivity index is 1.92. The molecule has 94 valence electrons. The Hall–Kier alpha value is -0.130. The van der Waals surface area contributed by atoms with Crippen LogP contribution in [0.15, 0.2) is 0 Å². The Kier molecular flexibility index (Phi) is 3.56. The molecule has 0 amide bonds. The fourth-order valence-corrected chi connectivity index (χ4v) is 3.85. The monoisotopic (exact) mass is 246 g/mol. The van der Waals surface area contributed by atoms with E-state index < -0.39 is 9.84 Å². The minimum absolute atomic E-state index is 0.260. The predicted octanol–water partition coefficient (Wildman–Crippen LogP) is 0.375. The van der Waals surface area contributed by atoms with Crippen LogP contribution in [0.1, 0.15) is 32.6 Å². The number of piperidine rings is 1. The first kappa shape index (κ1) is 12.3. The molecule has 16 heavy (non-hydrogen) atoms. The second kappa shape index (κ2) is 4.63. The lowest BCUT2D eigenvalue weighted by Crippen LogP contribution is -2.48. The maximum atomic E-state index is 11.5. The quantitative estimate of drug-likeness (QED) is 0.778. The third-order valence-electron chi connectivity index (χ3n) is 4.02. The molecule has 2 bridgehead atoms. The lowest BCUT2D eigenvalue weighted by Gasteiger charge is -2.37. The van der Waals surface area contributed by atoms with Gasteiger partial charge in [-0.15, -0.1) is 0 Å². The van der Waals surface area contributed by atoms with E-state index in [2.05, 4.69) is 4.90 Å². The molecule has 0 aliphatic carbocycles. The van der Waals surface area contributed by atoms with E-state index in [9.17, 15) is 8.42 Å². The van der Waals surface area contributed by atoms with Gasteiger partial charge in [-0.25, -0.2) is 8.42 Å². The van der Waals surface area contributed by atoms with Crippen molar-refractivity contribution in [2.75, 3.05) is 18.1 Å². The minimum atomic E-state index is -2.82. The Labute approximate surface area is 98.1 Å². The van der Waals surface area contributed by atoms with Gasteiger partial charge in [0.15, 0.2) is 9.84 Å². The third kappa shape index (κ3) is 2.57. The summed E-state index contributed by atoms with van der Waals surface area (Å²) in [6.45, 7) is 2.42. The van der Waals surface area contributed by atoms with Gasteiger partial charge in [0, 0.05) is 30.4 Å². The molecule has 0 aromatic heterocycles. The Bertz CT molecular complexity index is 328. The fourth-order valence-electron chi connectivity index (χ4n) is 3.07. The van der Waals surface area contributed by atoms with Crippen LogP contribution in [0.2, 0.25) is 0 Å². The van der Waals surface area contributed by atoms with Crippen molar-refractivity contribution in [2.24, 2.45) is 5.73 Å². The molecule has 2 heterocycles. The van der Waals surface area contributed by atoms with Crippen molar-refractivity contribution in [3.63, 3.8) is 0 Å². The molecular weight excluding hydrogens is 224 g/mol. The molecule has 5 heteroatoms. The van der Waals surface area contributed by atoms with E-state index in [1.807, 2.05) is 0 Å². The lowest BCUT2D eigenvalue weighted by molar-refractivity contribution is 0.136.